The molecule has 0 aromatic heterocycles. The zero-order chi connectivity index (χ0) is 23.8. The molecule has 0 bridgehead atoms. The minimum Gasteiger partial charge on any atom is -0.489 e. The molecule has 3 rings (SSSR count). The molecule has 6 nitrogen and oxygen atoms in total. The molecule has 0 aliphatic carbocycles. The van der Waals surface area contributed by atoms with Crippen LogP contribution in [0.3, 0.4) is 0 Å². The highest BCUT2D eigenvalue weighted by Gasteiger charge is 2.30. The monoisotopic (exact) mass is 459 g/mol. The molecule has 33 heavy (non-hydrogen) atoms. The summed E-state index contributed by atoms with van der Waals surface area (Å²) in [5.74, 6) is -2.09. The number of hydrogen-bond donors (Lipinski definition) is 2. The summed E-state index contributed by atoms with van der Waals surface area (Å²) >= 11 is 0. The molecule has 0 radical (unpaired) electrons. The van der Waals surface area contributed by atoms with Crippen LogP contribution in [0, 0.1) is 5.82 Å². The minimum absolute atomic E-state index is 0.176. The number of benzene rings is 3. The summed E-state index contributed by atoms with van der Waals surface area (Å²) in [6.07, 6.45) is -3.30. The molecule has 0 saturated carbocycles. The summed E-state index contributed by atoms with van der Waals surface area (Å²) in [7, 11) is 0. The third-order valence-electron chi connectivity index (χ3n) is 4.23. The van der Waals surface area contributed by atoms with Gasteiger partial charge in [-0.2, -0.15) is 18.3 Å². The highest BCUT2D eigenvalue weighted by molar-refractivity contribution is 6.39. The summed E-state index contributed by atoms with van der Waals surface area (Å²) in [5, 5.41) is 5.73. The maximum Gasteiger partial charge on any atom is 0.416 e. The van der Waals surface area contributed by atoms with Crippen LogP contribution in [0.1, 0.15) is 16.7 Å². The molecule has 170 valence electrons. The van der Waals surface area contributed by atoms with Crippen molar-refractivity contribution in [3.05, 3.63) is 95.3 Å². The minimum atomic E-state index is -4.57. The quantitative estimate of drug-likeness (QED) is 0.246. The molecule has 0 aliphatic rings. The van der Waals surface area contributed by atoms with E-state index < -0.39 is 23.6 Å². The Balaban J connectivity index is 1.48. The van der Waals surface area contributed by atoms with Crippen molar-refractivity contribution in [2.24, 2.45) is 5.10 Å². The first-order valence-electron chi connectivity index (χ1n) is 9.50. The molecule has 0 saturated heterocycles. The molecule has 3 aromatic rings. The summed E-state index contributed by atoms with van der Waals surface area (Å²) in [5.41, 5.74) is 2.25. The number of anilines is 1. The topological polar surface area (TPSA) is 79.8 Å². The van der Waals surface area contributed by atoms with Crippen LogP contribution >= 0.6 is 0 Å². The standard InChI is InChI=1S/C23H17F4N3O3/c24-18-8-4-16(5-9-18)14-33-20-10-6-15(7-11-20)13-28-30-22(32)21(31)29-19-3-1-2-17(12-19)23(25,26)27/h1-13H,14H2,(H,29,31)(H,30,32). The fraction of sp³-hybridized carbons (Fsp3) is 0.0870. The Labute approximate surface area is 185 Å². The molecule has 0 atom stereocenters. The predicted molar refractivity (Wildman–Crippen MR) is 113 cm³/mol. The van der Waals surface area contributed by atoms with Crippen molar-refractivity contribution in [3.63, 3.8) is 0 Å². The van der Waals surface area contributed by atoms with E-state index in [0.717, 1.165) is 17.7 Å². The first-order chi connectivity index (χ1) is 15.7. The van der Waals surface area contributed by atoms with E-state index >= 15 is 0 Å². The van der Waals surface area contributed by atoms with Gasteiger partial charge >= 0.3 is 18.0 Å². The third kappa shape index (κ3) is 7.17. The molecule has 3 aromatic carbocycles. The van der Waals surface area contributed by atoms with E-state index in [9.17, 15) is 27.2 Å². The third-order valence-corrected chi connectivity index (χ3v) is 4.23. The second-order valence-electron chi connectivity index (χ2n) is 6.72. The lowest BCUT2D eigenvalue weighted by atomic mass is 10.2. The van der Waals surface area contributed by atoms with Crippen LogP contribution in [-0.4, -0.2) is 18.0 Å². The highest BCUT2D eigenvalue weighted by Crippen LogP contribution is 2.30. The zero-order valence-electron chi connectivity index (χ0n) is 16.9. The van der Waals surface area contributed by atoms with Crippen LogP contribution in [0.2, 0.25) is 0 Å². The fourth-order valence-electron chi connectivity index (χ4n) is 2.57. The number of ether oxygens (including phenoxy) is 1. The molecule has 0 heterocycles. The average Bonchev–Trinajstić information content (AvgIpc) is 2.79. The van der Waals surface area contributed by atoms with E-state index in [-0.39, 0.29) is 18.1 Å². The molecular weight excluding hydrogens is 442 g/mol. The van der Waals surface area contributed by atoms with E-state index in [4.69, 9.17) is 4.74 Å². The highest BCUT2D eigenvalue weighted by atomic mass is 19.4. The number of hydrogen-bond acceptors (Lipinski definition) is 4. The zero-order valence-corrected chi connectivity index (χ0v) is 16.9. The van der Waals surface area contributed by atoms with Crippen molar-refractivity contribution < 1.29 is 31.9 Å². The van der Waals surface area contributed by atoms with E-state index in [0.29, 0.717) is 17.4 Å². The fourth-order valence-corrected chi connectivity index (χ4v) is 2.57. The van der Waals surface area contributed by atoms with Gasteiger partial charge in [-0.25, -0.2) is 9.82 Å². The van der Waals surface area contributed by atoms with Crippen molar-refractivity contribution in [2.45, 2.75) is 12.8 Å². The second kappa shape index (κ2) is 10.4. The first kappa shape index (κ1) is 23.5. The van der Waals surface area contributed by atoms with Crippen molar-refractivity contribution in [1.29, 1.82) is 0 Å². The normalized spacial score (nSPS) is 11.3. The van der Waals surface area contributed by atoms with Gasteiger partial charge in [0.25, 0.3) is 0 Å². The number of alkyl halides is 3. The van der Waals surface area contributed by atoms with Crippen LogP contribution < -0.4 is 15.5 Å². The molecule has 2 N–H and O–H groups in total. The molecule has 0 unspecified atom stereocenters. The van der Waals surface area contributed by atoms with Crippen LogP contribution in [0.4, 0.5) is 23.2 Å². The number of halogens is 4. The Morgan fingerprint density at radius 1 is 0.939 bits per heavy atom. The Bertz CT molecular complexity index is 1140. The lowest BCUT2D eigenvalue weighted by Gasteiger charge is -2.09. The predicted octanol–water partition coefficient (Wildman–Crippen LogP) is 4.51. The van der Waals surface area contributed by atoms with Crippen molar-refractivity contribution in [2.75, 3.05) is 5.32 Å². The van der Waals surface area contributed by atoms with Gasteiger partial charge in [-0.1, -0.05) is 18.2 Å². The van der Waals surface area contributed by atoms with Crippen molar-refractivity contribution in [3.8, 4) is 5.75 Å². The molecule has 0 fully saturated rings. The van der Waals surface area contributed by atoms with Gasteiger partial charge in [0, 0.05) is 5.69 Å². The molecule has 2 amide bonds. The lowest BCUT2D eigenvalue weighted by Crippen LogP contribution is -2.32. The summed E-state index contributed by atoms with van der Waals surface area (Å²) in [6.45, 7) is 0.255. The molecule has 10 heteroatoms. The van der Waals surface area contributed by atoms with Crippen molar-refractivity contribution >= 4 is 23.7 Å². The Morgan fingerprint density at radius 3 is 2.30 bits per heavy atom. The van der Waals surface area contributed by atoms with Crippen LogP contribution in [0.15, 0.2) is 77.9 Å². The molecule has 0 spiro atoms. The number of carbonyl (C=O) groups is 2. The van der Waals surface area contributed by atoms with Gasteiger partial charge < -0.3 is 10.1 Å². The largest absolute Gasteiger partial charge is 0.489 e. The van der Waals surface area contributed by atoms with Crippen LogP contribution in [0.5, 0.6) is 5.75 Å². The number of nitrogens with one attached hydrogen (secondary N) is 2. The maximum atomic E-state index is 12.9. The van der Waals surface area contributed by atoms with Gasteiger partial charge in [-0.05, 0) is 65.7 Å². The number of hydrazone groups is 1. The van der Waals surface area contributed by atoms with E-state index in [1.54, 1.807) is 36.4 Å². The second-order valence-corrected chi connectivity index (χ2v) is 6.72. The van der Waals surface area contributed by atoms with Crippen molar-refractivity contribution in [1.82, 2.24) is 5.43 Å². The van der Waals surface area contributed by atoms with Gasteiger partial charge in [0.2, 0.25) is 0 Å². The van der Waals surface area contributed by atoms with Gasteiger partial charge in [-0.3, -0.25) is 9.59 Å². The summed E-state index contributed by atoms with van der Waals surface area (Å²) in [4.78, 5) is 23.7. The molecule has 0 aliphatic heterocycles. The molecular formula is C23H17F4N3O3. The smallest absolute Gasteiger partial charge is 0.416 e. The number of carbonyl (C=O) groups excluding carboxylic acids is 2. The van der Waals surface area contributed by atoms with E-state index in [1.165, 1.54) is 24.4 Å². The van der Waals surface area contributed by atoms with Crippen LogP contribution in [-0.2, 0) is 22.4 Å². The average molecular weight is 459 g/mol. The Hall–Kier alpha value is -4.21. The van der Waals surface area contributed by atoms with Gasteiger partial charge in [-0.15, -0.1) is 0 Å². The first-order valence-corrected chi connectivity index (χ1v) is 9.50. The number of rotatable bonds is 6. The van der Waals surface area contributed by atoms with Gasteiger partial charge in [0.15, 0.2) is 0 Å². The number of amides is 2. The Morgan fingerprint density at radius 2 is 1.64 bits per heavy atom. The van der Waals surface area contributed by atoms with Crippen LogP contribution in [0.25, 0.3) is 0 Å². The Kier molecular flexibility index (Phi) is 7.39. The van der Waals surface area contributed by atoms with E-state index in [1.807, 2.05) is 5.43 Å². The maximum absolute atomic E-state index is 12.9. The lowest BCUT2D eigenvalue weighted by molar-refractivity contribution is -0.137. The number of nitrogens with zero attached hydrogens (tertiary/aromatic N) is 1. The van der Waals surface area contributed by atoms with Gasteiger partial charge in [0.05, 0.1) is 11.8 Å². The van der Waals surface area contributed by atoms with Gasteiger partial charge in [0.1, 0.15) is 18.2 Å². The SMILES string of the molecule is O=C(NN=Cc1ccc(OCc2ccc(F)cc2)cc1)C(=O)Nc1cccc(C(F)(F)F)c1. The summed E-state index contributed by atoms with van der Waals surface area (Å²) < 4.78 is 56.6. The summed E-state index contributed by atoms with van der Waals surface area (Å²) in [6, 6.07) is 16.4. The van der Waals surface area contributed by atoms with E-state index in [2.05, 4.69) is 10.4 Å².